The van der Waals surface area contributed by atoms with Gasteiger partial charge in [0, 0.05) is 12.6 Å². The van der Waals surface area contributed by atoms with Crippen molar-refractivity contribution in [2.45, 2.75) is 18.9 Å². The summed E-state index contributed by atoms with van der Waals surface area (Å²) in [4.78, 5) is 25.0. The lowest BCUT2D eigenvalue weighted by Gasteiger charge is -2.22. The second-order valence-corrected chi connectivity index (χ2v) is 5.34. The van der Waals surface area contributed by atoms with Crippen molar-refractivity contribution in [1.29, 1.82) is 0 Å². The van der Waals surface area contributed by atoms with Gasteiger partial charge in [-0.3, -0.25) is 4.90 Å². The fourth-order valence-corrected chi connectivity index (χ4v) is 2.00. The minimum Gasteiger partial charge on any atom is -0.479 e. The highest BCUT2D eigenvalue weighted by atomic mass is 79.9. The van der Waals surface area contributed by atoms with Crippen LogP contribution in [0.1, 0.15) is 24.2 Å². The summed E-state index contributed by atoms with van der Waals surface area (Å²) >= 11 is 3.27. The van der Waals surface area contributed by atoms with Crippen LogP contribution in [0.4, 0.5) is 10.5 Å². The van der Waals surface area contributed by atoms with Crippen LogP contribution in [0.2, 0.25) is 0 Å². The van der Waals surface area contributed by atoms with Crippen LogP contribution in [-0.2, 0) is 9.47 Å². The Morgan fingerprint density at radius 3 is 2.43 bits per heavy atom. The lowest BCUT2D eigenvalue weighted by molar-refractivity contribution is 0.0601. The first-order valence-electron chi connectivity index (χ1n) is 6.33. The summed E-state index contributed by atoms with van der Waals surface area (Å²) in [6.45, 7) is 3.92. The number of anilines is 1. The molecule has 0 fully saturated rings. The number of benzene rings is 1. The van der Waals surface area contributed by atoms with E-state index in [-0.39, 0.29) is 10.6 Å². The van der Waals surface area contributed by atoms with E-state index >= 15 is 0 Å². The maximum Gasteiger partial charge on any atom is 0.414 e. The van der Waals surface area contributed by atoms with E-state index in [1.807, 2.05) is 6.92 Å². The number of carbonyl (C=O) groups is 2. The number of hydrogen-bond donors (Lipinski definition) is 0. The molecule has 1 unspecified atom stereocenters. The number of hydrogen-bond acceptors (Lipinski definition) is 5. The molecule has 0 aliphatic rings. The molecule has 0 saturated heterocycles. The summed E-state index contributed by atoms with van der Waals surface area (Å²) in [6.07, 6.45) is -0.563. The van der Waals surface area contributed by atoms with Crippen LogP contribution < -0.4 is 9.64 Å². The first-order valence-corrected chi connectivity index (χ1v) is 7.24. The van der Waals surface area contributed by atoms with Crippen molar-refractivity contribution in [3.63, 3.8) is 0 Å². The van der Waals surface area contributed by atoms with E-state index < -0.39 is 12.1 Å². The molecule has 6 nitrogen and oxygen atoms in total. The molecule has 1 rings (SSSR count). The number of amides is 1. The van der Waals surface area contributed by atoms with Crippen molar-refractivity contribution in [3.05, 3.63) is 23.8 Å². The third-order valence-corrected chi connectivity index (χ3v) is 2.86. The molecule has 0 heterocycles. The fourth-order valence-electron chi connectivity index (χ4n) is 1.79. The van der Waals surface area contributed by atoms with Gasteiger partial charge in [-0.05, 0) is 41.9 Å². The van der Waals surface area contributed by atoms with Crippen LogP contribution in [0, 0.1) is 0 Å². The number of alkyl halides is 1. The van der Waals surface area contributed by atoms with E-state index in [4.69, 9.17) is 14.2 Å². The fraction of sp³-hybridized carbons (Fsp3) is 0.429. The van der Waals surface area contributed by atoms with Crippen molar-refractivity contribution in [2.24, 2.45) is 0 Å². The Hall–Kier alpha value is -1.76. The Balaban J connectivity index is 3.33. The first-order chi connectivity index (χ1) is 9.94. The quantitative estimate of drug-likeness (QED) is 0.596. The maximum atomic E-state index is 11.8. The molecule has 1 aromatic rings. The number of nitrogens with zero attached hydrogens (tertiary/aromatic N) is 1. The largest absolute Gasteiger partial charge is 0.479 e. The number of ether oxygens (including phenoxy) is 3. The average Bonchev–Trinajstić information content (AvgIpc) is 2.46. The molecule has 1 amide bonds. The van der Waals surface area contributed by atoms with Crippen LogP contribution in [0.3, 0.4) is 0 Å². The lowest BCUT2D eigenvalue weighted by Crippen LogP contribution is -2.32. The highest BCUT2D eigenvalue weighted by Crippen LogP contribution is 2.28. The predicted molar refractivity (Wildman–Crippen MR) is 82.2 cm³/mol. The van der Waals surface area contributed by atoms with Crippen LogP contribution in [0.5, 0.6) is 5.75 Å². The molecule has 0 aliphatic heterocycles. The molecule has 1 aromatic carbocycles. The Morgan fingerprint density at radius 1 is 1.29 bits per heavy atom. The normalized spacial score (nSPS) is 11.5. The highest BCUT2D eigenvalue weighted by Gasteiger charge is 2.22. The summed E-state index contributed by atoms with van der Waals surface area (Å²) in [7, 11) is 2.56. The molecule has 0 spiro atoms. The molecule has 0 radical (unpaired) electrons. The van der Waals surface area contributed by atoms with E-state index in [0.29, 0.717) is 18.0 Å². The van der Waals surface area contributed by atoms with Crippen LogP contribution >= 0.6 is 15.9 Å². The van der Waals surface area contributed by atoms with E-state index in [2.05, 4.69) is 15.9 Å². The van der Waals surface area contributed by atoms with Gasteiger partial charge >= 0.3 is 12.1 Å². The van der Waals surface area contributed by atoms with Gasteiger partial charge in [-0.1, -0.05) is 0 Å². The minimum atomic E-state index is -0.563. The Kier molecular flexibility index (Phi) is 6.48. The zero-order chi connectivity index (χ0) is 16.0. The first kappa shape index (κ1) is 17.3. The predicted octanol–water partition coefficient (Wildman–Crippen LogP) is 3.19. The van der Waals surface area contributed by atoms with Gasteiger partial charge in [-0.25, -0.2) is 9.59 Å². The van der Waals surface area contributed by atoms with Gasteiger partial charge in [0.15, 0.2) is 5.01 Å². The Morgan fingerprint density at radius 2 is 1.95 bits per heavy atom. The van der Waals surface area contributed by atoms with Crippen LogP contribution in [-0.4, -0.2) is 37.8 Å². The Bertz CT molecular complexity index is 518. The van der Waals surface area contributed by atoms with Gasteiger partial charge in [-0.2, -0.15) is 0 Å². The highest BCUT2D eigenvalue weighted by molar-refractivity contribution is 9.09. The molecule has 116 valence electrons. The molecule has 0 N–H and O–H groups in total. The van der Waals surface area contributed by atoms with E-state index in [1.165, 1.54) is 19.1 Å². The summed E-state index contributed by atoms with van der Waals surface area (Å²) in [6, 6.07) is 4.79. The van der Waals surface area contributed by atoms with Gasteiger partial charge < -0.3 is 14.2 Å². The van der Waals surface area contributed by atoms with Gasteiger partial charge in [-0.15, -0.1) is 0 Å². The summed E-state index contributed by atoms with van der Waals surface area (Å²) in [5.74, 6) is -0.0184. The lowest BCUT2D eigenvalue weighted by atomic mass is 10.1. The second kappa shape index (κ2) is 7.87. The number of carbonyl (C=O) groups excluding carboxylic acids is 2. The van der Waals surface area contributed by atoms with E-state index in [0.717, 1.165) is 0 Å². The maximum absolute atomic E-state index is 11.8. The summed E-state index contributed by atoms with van der Waals surface area (Å²) in [5.41, 5.74) is 0.640. The molecule has 0 aromatic heterocycles. The standard InChI is InChI=1S/C14H18BrNO5/c1-5-16(14(18)20-4)12-8-10(21-9(2)15)6-7-11(12)13(17)19-3/h6-9H,5H2,1-4H3. The zero-order valence-electron chi connectivity index (χ0n) is 12.4. The smallest absolute Gasteiger partial charge is 0.414 e. The third kappa shape index (κ3) is 4.35. The van der Waals surface area contributed by atoms with Crippen molar-refractivity contribution in [3.8, 4) is 5.75 Å². The third-order valence-electron chi connectivity index (χ3n) is 2.68. The zero-order valence-corrected chi connectivity index (χ0v) is 14.0. The van der Waals surface area contributed by atoms with E-state index in [1.54, 1.807) is 25.1 Å². The Labute approximate surface area is 132 Å². The number of rotatable bonds is 5. The molecular weight excluding hydrogens is 342 g/mol. The van der Waals surface area contributed by atoms with Crippen molar-refractivity contribution >= 4 is 33.7 Å². The van der Waals surface area contributed by atoms with E-state index in [9.17, 15) is 9.59 Å². The van der Waals surface area contributed by atoms with Gasteiger partial charge in [0.2, 0.25) is 0 Å². The molecule has 1 atom stereocenters. The molecular formula is C14H18BrNO5. The molecule has 0 aliphatic carbocycles. The SMILES string of the molecule is CCN(C(=O)OC)c1cc(OC(C)Br)ccc1C(=O)OC. The van der Waals surface area contributed by atoms with Gasteiger partial charge in [0.05, 0.1) is 25.5 Å². The summed E-state index contributed by atoms with van der Waals surface area (Å²) < 4.78 is 15.0. The molecule has 21 heavy (non-hydrogen) atoms. The van der Waals surface area contributed by atoms with Gasteiger partial charge in [0.25, 0.3) is 0 Å². The number of halogens is 1. The second-order valence-electron chi connectivity index (χ2n) is 4.05. The molecule has 0 bridgehead atoms. The van der Waals surface area contributed by atoms with Crippen LogP contribution in [0.15, 0.2) is 18.2 Å². The number of methoxy groups -OCH3 is 2. The monoisotopic (exact) mass is 359 g/mol. The van der Waals surface area contributed by atoms with Crippen molar-refractivity contribution in [1.82, 2.24) is 0 Å². The topological polar surface area (TPSA) is 65.1 Å². The summed E-state index contributed by atoms with van der Waals surface area (Å²) in [5, 5.41) is -0.206. The average molecular weight is 360 g/mol. The van der Waals surface area contributed by atoms with Crippen molar-refractivity contribution in [2.75, 3.05) is 25.7 Å². The molecule has 7 heteroatoms. The van der Waals surface area contributed by atoms with Crippen molar-refractivity contribution < 1.29 is 23.8 Å². The van der Waals surface area contributed by atoms with Gasteiger partial charge in [0.1, 0.15) is 5.75 Å². The van der Waals surface area contributed by atoms with Crippen LogP contribution in [0.25, 0.3) is 0 Å². The minimum absolute atomic E-state index is 0.206. The molecule has 0 saturated carbocycles. The number of esters is 1.